The summed E-state index contributed by atoms with van der Waals surface area (Å²) in [6, 6.07) is 18.3. The third kappa shape index (κ3) is 7.56. The summed E-state index contributed by atoms with van der Waals surface area (Å²) in [5, 5.41) is 6.67. The molecule has 0 saturated carbocycles. The zero-order valence-corrected chi connectivity index (χ0v) is 19.2. The lowest BCUT2D eigenvalue weighted by molar-refractivity contribution is 0.581. The Kier molecular flexibility index (Phi) is 8.31. The lowest BCUT2D eigenvalue weighted by Gasteiger charge is -2.20. The minimum Gasteiger partial charge on any atom is -0.369 e. The van der Waals surface area contributed by atoms with Crippen molar-refractivity contribution in [3.8, 4) is 0 Å². The number of hydrogen-bond donors (Lipinski definition) is 3. The largest absolute Gasteiger partial charge is 0.369 e. The van der Waals surface area contributed by atoms with Crippen LogP contribution in [0.3, 0.4) is 0 Å². The summed E-state index contributed by atoms with van der Waals surface area (Å²) in [6.07, 6.45) is 1.01. The molecule has 1 fully saturated rings. The number of hydrogen-bond acceptors (Lipinski definition) is 4. The van der Waals surface area contributed by atoms with Gasteiger partial charge in [0.05, 0.1) is 12.3 Å². The van der Waals surface area contributed by atoms with Gasteiger partial charge in [-0.25, -0.2) is 13.1 Å². The van der Waals surface area contributed by atoms with Crippen LogP contribution in [0.1, 0.15) is 24.5 Å². The van der Waals surface area contributed by atoms with Crippen LogP contribution in [-0.4, -0.2) is 52.4 Å². The monoisotopic (exact) mass is 443 g/mol. The molecule has 8 heteroatoms. The number of sulfonamides is 1. The fraction of sp³-hybridized carbons (Fsp3) is 0.435. The number of guanidine groups is 1. The minimum atomic E-state index is -3.39. The molecule has 0 radical (unpaired) electrons. The predicted molar refractivity (Wildman–Crippen MR) is 128 cm³/mol. The molecule has 1 atom stereocenters. The predicted octanol–water partition coefficient (Wildman–Crippen LogP) is 2.25. The number of aryl methyl sites for hydroxylation is 1. The first kappa shape index (κ1) is 23.1. The molecule has 3 N–H and O–H groups in total. The highest BCUT2D eigenvalue weighted by Gasteiger charge is 2.23. The maximum atomic E-state index is 12.3. The fourth-order valence-electron chi connectivity index (χ4n) is 3.52. The number of aliphatic imine (C=N–C) groups is 1. The Morgan fingerprint density at radius 3 is 2.58 bits per heavy atom. The van der Waals surface area contributed by atoms with Crippen LogP contribution in [0, 0.1) is 6.92 Å². The van der Waals surface area contributed by atoms with Gasteiger partial charge in [0.2, 0.25) is 10.0 Å². The van der Waals surface area contributed by atoms with Crippen molar-refractivity contribution in [2.45, 2.75) is 32.9 Å². The molecule has 0 aromatic heterocycles. The van der Waals surface area contributed by atoms with Gasteiger partial charge in [0.25, 0.3) is 0 Å². The molecule has 0 spiro atoms. The summed E-state index contributed by atoms with van der Waals surface area (Å²) >= 11 is 0. The molecule has 7 nitrogen and oxygen atoms in total. The second-order valence-electron chi connectivity index (χ2n) is 7.80. The van der Waals surface area contributed by atoms with E-state index in [0.29, 0.717) is 12.5 Å². The molecule has 0 amide bonds. The second-order valence-corrected chi connectivity index (χ2v) is 9.72. The standard InChI is InChI=1S/C23H33N5O2S/c1-3-24-23(25-14-16-31(29,30)26-17-20-7-5-4-6-8-20)27-21-13-15-28(18-21)22-11-9-19(2)10-12-22/h4-12,21,26H,3,13-18H2,1-2H3,(H2,24,25,27). The van der Waals surface area contributed by atoms with Crippen molar-refractivity contribution in [1.82, 2.24) is 15.4 Å². The number of rotatable bonds is 9. The molecule has 1 aliphatic rings. The van der Waals surface area contributed by atoms with Crippen molar-refractivity contribution in [3.05, 3.63) is 65.7 Å². The molecule has 2 aromatic rings. The topological polar surface area (TPSA) is 85.8 Å². The molecule has 1 heterocycles. The molecule has 1 unspecified atom stereocenters. The van der Waals surface area contributed by atoms with Gasteiger partial charge in [-0.2, -0.15) is 0 Å². The van der Waals surface area contributed by atoms with Crippen LogP contribution in [0.4, 0.5) is 5.69 Å². The van der Waals surface area contributed by atoms with Crippen molar-refractivity contribution < 1.29 is 8.42 Å². The van der Waals surface area contributed by atoms with E-state index in [1.165, 1.54) is 11.3 Å². The Hall–Kier alpha value is -2.58. The van der Waals surface area contributed by atoms with Gasteiger partial charge >= 0.3 is 0 Å². The third-order valence-corrected chi connectivity index (χ3v) is 6.55. The summed E-state index contributed by atoms with van der Waals surface area (Å²) < 4.78 is 27.2. The van der Waals surface area contributed by atoms with Gasteiger partial charge in [-0.05, 0) is 38.0 Å². The molecule has 2 aromatic carbocycles. The highest BCUT2D eigenvalue weighted by Crippen LogP contribution is 2.20. The lowest BCUT2D eigenvalue weighted by atomic mass is 10.2. The molecule has 1 aliphatic heterocycles. The van der Waals surface area contributed by atoms with E-state index < -0.39 is 10.0 Å². The zero-order valence-electron chi connectivity index (χ0n) is 18.3. The molecule has 0 aliphatic carbocycles. The van der Waals surface area contributed by atoms with Gasteiger partial charge in [0, 0.05) is 37.9 Å². The third-order valence-electron chi connectivity index (χ3n) is 5.24. The first-order valence-corrected chi connectivity index (χ1v) is 12.5. The van der Waals surface area contributed by atoms with Crippen LogP contribution in [0.25, 0.3) is 0 Å². The molecule has 1 saturated heterocycles. The van der Waals surface area contributed by atoms with E-state index in [1.54, 1.807) is 0 Å². The zero-order chi connectivity index (χ0) is 22.1. The van der Waals surface area contributed by atoms with Gasteiger partial charge in [0.1, 0.15) is 0 Å². The number of anilines is 1. The molecule has 31 heavy (non-hydrogen) atoms. The van der Waals surface area contributed by atoms with E-state index >= 15 is 0 Å². The van der Waals surface area contributed by atoms with Crippen molar-refractivity contribution in [3.63, 3.8) is 0 Å². The van der Waals surface area contributed by atoms with E-state index in [1.807, 2.05) is 37.3 Å². The molecule has 3 rings (SSSR count). The maximum Gasteiger partial charge on any atom is 0.213 e. The van der Waals surface area contributed by atoms with E-state index in [0.717, 1.165) is 31.6 Å². The van der Waals surface area contributed by atoms with Gasteiger partial charge in [-0.15, -0.1) is 0 Å². The van der Waals surface area contributed by atoms with E-state index in [9.17, 15) is 8.42 Å². The Morgan fingerprint density at radius 1 is 1.13 bits per heavy atom. The van der Waals surface area contributed by atoms with Gasteiger partial charge in [-0.3, -0.25) is 4.99 Å². The maximum absolute atomic E-state index is 12.3. The first-order chi connectivity index (χ1) is 14.9. The summed E-state index contributed by atoms with van der Waals surface area (Å²) in [6.45, 7) is 7.19. The highest BCUT2D eigenvalue weighted by molar-refractivity contribution is 7.89. The van der Waals surface area contributed by atoms with E-state index in [-0.39, 0.29) is 18.3 Å². The number of nitrogens with zero attached hydrogens (tertiary/aromatic N) is 2. The fourth-order valence-corrected chi connectivity index (χ4v) is 4.38. The quantitative estimate of drug-likeness (QED) is 0.409. The summed E-state index contributed by atoms with van der Waals surface area (Å²) in [5.74, 6) is 0.618. The van der Waals surface area contributed by atoms with Crippen LogP contribution in [-0.2, 0) is 16.6 Å². The van der Waals surface area contributed by atoms with Crippen molar-refractivity contribution >= 4 is 21.7 Å². The van der Waals surface area contributed by atoms with E-state index in [2.05, 4.69) is 56.4 Å². The van der Waals surface area contributed by atoms with Gasteiger partial charge in [-0.1, -0.05) is 48.0 Å². The number of benzene rings is 2. The Bertz CT molecular complexity index is 946. The van der Waals surface area contributed by atoms with Crippen molar-refractivity contribution in [1.29, 1.82) is 0 Å². The van der Waals surface area contributed by atoms with Crippen LogP contribution in [0.5, 0.6) is 0 Å². The molecule has 0 bridgehead atoms. The summed E-state index contributed by atoms with van der Waals surface area (Å²) in [5.41, 5.74) is 3.42. The van der Waals surface area contributed by atoms with Crippen molar-refractivity contribution in [2.75, 3.05) is 36.8 Å². The van der Waals surface area contributed by atoms with Crippen molar-refractivity contribution in [2.24, 2.45) is 4.99 Å². The average Bonchev–Trinajstić information content (AvgIpc) is 3.22. The molecular formula is C23H33N5O2S. The molecule has 168 valence electrons. The van der Waals surface area contributed by atoms with Crippen LogP contribution >= 0.6 is 0 Å². The Balaban J connectivity index is 1.49. The van der Waals surface area contributed by atoms with E-state index in [4.69, 9.17) is 0 Å². The number of nitrogens with one attached hydrogen (secondary N) is 3. The molecular weight excluding hydrogens is 410 g/mol. The van der Waals surface area contributed by atoms with Gasteiger partial charge < -0.3 is 15.5 Å². The van der Waals surface area contributed by atoms with Gasteiger partial charge in [0.15, 0.2) is 5.96 Å². The summed E-state index contributed by atoms with van der Waals surface area (Å²) in [4.78, 5) is 6.84. The normalized spacial score (nSPS) is 17.0. The van der Waals surface area contributed by atoms with Crippen LogP contribution < -0.4 is 20.3 Å². The average molecular weight is 444 g/mol. The minimum absolute atomic E-state index is 0.0451. The van der Waals surface area contributed by atoms with Crippen LogP contribution in [0.2, 0.25) is 0 Å². The first-order valence-electron chi connectivity index (χ1n) is 10.8. The Labute approximate surface area is 186 Å². The highest BCUT2D eigenvalue weighted by atomic mass is 32.2. The SMILES string of the molecule is CCNC(=NCCS(=O)(=O)NCc1ccccc1)NC1CCN(c2ccc(C)cc2)C1. The smallest absolute Gasteiger partial charge is 0.213 e. The second kappa shape index (κ2) is 11.2. The summed E-state index contributed by atoms with van der Waals surface area (Å²) in [7, 11) is -3.39. The lowest BCUT2D eigenvalue weighted by Crippen LogP contribution is -2.45. The van der Waals surface area contributed by atoms with Crippen LogP contribution in [0.15, 0.2) is 59.6 Å². The Morgan fingerprint density at radius 2 is 1.87 bits per heavy atom.